The van der Waals surface area contributed by atoms with E-state index in [1.165, 1.54) is 5.56 Å². The maximum absolute atomic E-state index is 13.3. The van der Waals surface area contributed by atoms with Crippen molar-refractivity contribution in [2.75, 3.05) is 0 Å². The molecule has 3 nitrogen and oxygen atoms in total. The van der Waals surface area contributed by atoms with Crippen LogP contribution in [0.15, 0.2) is 77.6 Å². The topological polar surface area (TPSA) is 52.9 Å². The monoisotopic (exact) mass is 368 g/mol. The number of fused-ring (bicyclic) bond motifs is 1. The number of carbonyl (C=O) groups is 1. The zero-order valence-electron chi connectivity index (χ0n) is 16.3. The molecule has 4 rings (SSSR count). The second kappa shape index (κ2) is 7.48. The summed E-state index contributed by atoms with van der Waals surface area (Å²) in [6.07, 6.45) is 3.63. The quantitative estimate of drug-likeness (QED) is 0.830. The Labute approximate surface area is 166 Å². The Kier molecular flexibility index (Phi) is 4.88. The molecule has 0 spiro atoms. The predicted molar refractivity (Wildman–Crippen MR) is 110 cm³/mol. The summed E-state index contributed by atoms with van der Waals surface area (Å²) in [4.78, 5) is 13.3. The number of carbonyl (C=O) groups excluding carboxylic acids is 1. The van der Waals surface area contributed by atoms with Gasteiger partial charge in [0.1, 0.15) is 5.78 Å². The van der Waals surface area contributed by atoms with Crippen LogP contribution in [-0.2, 0) is 11.2 Å². The molecule has 2 aromatic rings. The number of rotatable bonds is 3. The fraction of sp³-hybridized carbons (Fsp3) is 0.280. The third-order valence-electron chi connectivity index (χ3n) is 5.96. The summed E-state index contributed by atoms with van der Waals surface area (Å²) in [6, 6.07) is 20.9. The zero-order chi connectivity index (χ0) is 19.7. The molecular weight excluding hydrogens is 344 g/mol. The molecule has 3 atom stereocenters. The first kappa shape index (κ1) is 18.3. The summed E-state index contributed by atoms with van der Waals surface area (Å²) < 4.78 is 0. The van der Waals surface area contributed by atoms with E-state index >= 15 is 0 Å². The number of ketones is 1. The molecule has 2 aromatic carbocycles. The second-order valence-electron chi connectivity index (χ2n) is 7.64. The summed E-state index contributed by atoms with van der Waals surface area (Å²) in [5.41, 5.74) is 5.89. The molecule has 140 valence electrons. The Morgan fingerprint density at radius 1 is 1.04 bits per heavy atom. The van der Waals surface area contributed by atoms with Gasteiger partial charge in [-0.25, -0.2) is 0 Å². The Hall–Kier alpha value is -3.12. The molecule has 0 radical (unpaired) electrons. The van der Waals surface area contributed by atoms with E-state index in [0.717, 1.165) is 28.9 Å². The van der Waals surface area contributed by atoms with Gasteiger partial charge in [-0.05, 0) is 30.0 Å². The minimum atomic E-state index is -0.314. The first-order valence-electron chi connectivity index (χ1n) is 9.88. The second-order valence-corrected chi connectivity index (χ2v) is 7.64. The number of hydrogen-bond acceptors (Lipinski definition) is 3. The summed E-state index contributed by atoms with van der Waals surface area (Å²) in [5, 5.41) is 13.2. The molecule has 0 saturated heterocycles. The van der Waals surface area contributed by atoms with Crippen molar-refractivity contribution in [1.29, 1.82) is 5.26 Å². The average molecular weight is 368 g/mol. The normalized spacial score (nSPS) is 24.1. The van der Waals surface area contributed by atoms with Gasteiger partial charge in [0.05, 0.1) is 17.6 Å². The van der Waals surface area contributed by atoms with E-state index in [-0.39, 0.29) is 23.5 Å². The first-order chi connectivity index (χ1) is 13.6. The molecule has 28 heavy (non-hydrogen) atoms. The molecule has 3 heteroatoms. The summed E-state index contributed by atoms with van der Waals surface area (Å²) in [6.45, 7) is 4.05. The van der Waals surface area contributed by atoms with Crippen molar-refractivity contribution < 1.29 is 4.79 Å². The van der Waals surface area contributed by atoms with E-state index in [1.807, 2.05) is 25.1 Å². The van der Waals surface area contributed by atoms with Crippen LogP contribution in [0.1, 0.15) is 48.8 Å². The van der Waals surface area contributed by atoms with Crippen LogP contribution in [0.25, 0.3) is 0 Å². The van der Waals surface area contributed by atoms with Crippen molar-refractivity contribution in [2.45, 2.75) is 38.5 Å². The number of allylic oxidation sites excluding steroid dienone is 4. The van der Waals surface area contributed by atoms with Crippen LogP contribution in [0.4, 0.5) is 0 Å². The predicted octanol–water partition coefficient (Wildman–Crippen LogP) is 4.99. The molecular formula is C25H24N2O. The highest BCUT2D eigenvalue weighted by atomic mass is 16.1. The van der Waals surface area contributed by atoms with E-state index in [0.29, 0.717) is 12.0 Å². The molecule has 0 fully saturated rings. The Morgan fingerprint density at radius 3 is 2.39 bits per heavy atom. The molecule has 0 bridgehead atoms. The van der Waals surface area contributed by atoms with Gasteiger partial charge >= 0.3 is 0 Å². The van der Waals surface area contributed by atoms with Crippen molar-refractivity contribution in [1.82, 2.24) is 5.32 Å². The molecule has 1 heterocycles. The maximum Gasteiger partial charge on any atom is 0.143 e. The SMILES string of the molecule is CCc1ccc(C2C(C#N)=C(C)NC3=CC(c4ccccc4)CC(=O)C32)cc1. The van der Waals surface area contributed by atoms with E-state index < -0.39 is 0 Å². The highest BCUT2D eigenvalue weighted by molar-refractivity contribution is 5.88. The van der Waals surface area contributed by atoms with E-state index in [9.17, 15) is 10.1 Å². The van der Waals surface area contributed by atoms with Crippen molar-refractivity contribution in [3.63, 3.8) is 0 Å². The van der Waals surface area contributed by atoms with Crippen LogP contribution in [0.3, 0.4) is 0 Å². The van der Waals surface area contributed by atoms with Crippen molar-refractivity contribution in [3.05, 3.63) is 94.3 Å². The van der Waals surface area contributed by atoms with Gasteiger partial charge in [0.15, 0.2) is 0 Å². The molecule has 0 saturated carbocycles. The number of nitrogens with one attached hydrogen (secondary N) is 1. The average Bonchev–Trinajstić information content (AvgIpc) is 2.73. The Morgan fingerprint density at radius 2 is 1.75 bits per heavy atom. The molecule has 1 aliphatic carbocycles. The lowest BCUT2D eigenvalue weighted by atomic mass is 9.69. The van der Waals surface area contributed by atoms with Gasteiger partial charge in [0, 0.05) is 29.7 Å². The fourth-order valence-corrected chi connectivity index (χ4v) is 4.45. The van der Waals surface area contributed by atoms with E-state index in [4.69, 9.17) is 0 Å². The largest absolute Gasteiger partial charge is 0.361 e. The van der Waals surface area contributed by atoms with Gasteiger partial charge in [-0.3, -0.25) is 4.79 Å². The number of hydrogen-bond donors (Lipinski definition) is 1. The number of nitriles is 1. The molecule has 0 aromatic heterocycles. The number of nitrogens with zero attached hydrogens (tertiary/aromatic N) is 1. The number of Topliss-reactive ketones (excluding diaryl/α,β-unsaturated/α-hetero) is 1. The third kappa shape index (κ3) is 3.16. The fourth-order valence-electron chi connectivity index (χ4n) is 4.45. The van der Waals surface area contributed by atoms with Crippen molar-refractivity contribution in [2.24, 2.45) is 5.92 Å². The van der Waals surface area contributed by atoms with Crippen LogP contribution >= 0.6 is 0 Å². The lowest BCUT2D eigenvalue weighted by Gasteiger charge is -2.38. The van der Waals surface area contributed by atoms with Gasteiger partial charge in [-0.1, -0.05) is 67.6 Å². The van der Waals surface area contributed by atoms with Crippen molar-refractivity contribution in [3.8, 4) is 6.07 Å². The highest BCUT2D eigenvalue weighted by Crippen LogP contribution is 2.45. The Bertz CT molecular complexity index is 993. The molecule has 1 N–H and O–H groups in total. The first-order valence-corrected chi connectivity index (χ1v) is 9.88. The smallest absolute Gasteiger partial charge is 0.143 e. The zero-order valence-corrected chi connectivity index (χ0v) is 16.3. The van der Waals surface area contributed by atoms with Crippen molar-refractivity contribution >= 4 is 5.78 Å². The standard InChI is InChI=1S/C25H24N2O/c1-3-17-9-11-19(12-10-17)24-21(15-26)16(2)27-22-13-20(14-23(28)25(22)24)18-7-5-4-6-8-18/h4-13,20,24-25,27H,3,14H2,1-2H3. The van der Waals surface area contributed by atoms with E-state index in [1.54, 1.807) is 0 Å². The Balaban J connectivity index is 1.79. The van der Waals surface area contributed by atoms with Gasteiger partial charge in [0.25, 0.3) is 0 Å². The lowest BCUT2D eigenvalue weighted by molar-refractivity contribution is -0.123. The van der Waals surface area contributed by atoms with Crippen LogP contribution in [0.2, 0.25) is 0 Å². The minimum absolute atomic E-state index is 0.0759. The van der Waals surface area contributed by atoms with Crippen LogP contribution in [-0.4, -0.2) is 5.78 Å². The number of aryl methyl sites for hydroxylation is 1. The van der Waals surface area contributed by atoms with Crippen LogP contribution < -0.4 is 5.32 Å². The van der Waals surface area contributed by atoms with E-state index in [2.05, 4.69) is 60.8 Å². The summed E-state index contributed by atoms with van der Waals surface area (Å²) >= 11 is 0. The summed E-state index contributed by atoms with van der Waals surface area (Å²) in [5.74, 6) is -0.255. The summed E-state index contributed by atoms with van der Waals surface area (Å²) in [7, 11) is 0. The molecule has 2 aliphatic rings. The lowest BCUT2D eigenvalue weighted by Crippen LogP contribution is -2.39. The van der Waals surface area contributed by atoms with Crippen LogP contribution in [0.5, 0.6) is 0 Å². The number of benzene rings is 2. The minimum Gasteiger partial charge on any atom is -0.361 e. The molecule has 0 amide bonds. The molecule has 1 aliphatic heterocycles. The van der Waals surface area contributed by atoms with Gasteiger partial charge < -0.3 is 5.32 Å². The van der Waals surface area contributed by atoms with Gasteiger partial charge in [0.2, 0.25) is 0 Å². The highest BCUT2D eigenvalue weighted by Gasteiger charge is 2.42. The maximum atomic E-state index is 13.3. The van der Waals surface area contributed by atoms with Gasteiger partial charge in [-0.15, -0.1) is 0 Å². The van der Waals surface area contributed by atoms with Gasteiger partial charge in [-0.2, -0.15) is 5.26 Å². The molecule has 3 unspecified atom stereocenters. The third-order valence-corrected chi connectivity index (χ3v) is 5.96. The van der Waals surface area contributed by atoms with Crippen LogP contribution in [0, 0.1) is 17.2 Å².